The van der Waals surface area contributed by atoms with Gasteiger partial charge in [-0.2, -0.15) is 0 Å². The third-order valence-electron chi connectivity index (χ3n) is 4.02. The van der Waals surface area contributed by atoms with Gasteiger partial charge in [-0.3, -0.25) is 14.4 Å². The van der Waals surface area contributed by atoms with E-state index < -0.39 is 17.8 Å². The lowest BCUT2D eigenvalue weighted by Gasteiger charge is -2.28. The topological polar surface area (TPSA) is 116 Å². The number of hydrogen-bond donors (Lipinski definition) is 3. The Morgan fingerprint density at radius 1 is 1.27 bits per heavy atom. The first-order valence-corrected chi connectivity index (χ1v) is 8.26. The quantitative estimate of drug-likeness (QED) is 0.473. The molecule has 1 aliphatic rings. The number of carboxylic acid groups (broad SMARTS) is 1. The number of methoxy groups -OCH3 is 1. The summed E-state index contributed by atoms with van der Waals surface area (Å²) in [6.45, 7) is 0.742. The third-order valence-corrected chi connectivity index (χ3v) is 4.02. The zero-order chi connectivity index (χ0) is 19.1. The molecule has 1 aromatic rings. The lowest BCUT2D eigenvalue weighted by Crippen LogP contribution is -2.42. The molecule has 0 saturated carbocycles. The monoisotopic (exact) mass is 362 g/mol. The number of nitrogens with zero attached hydrogens (tertiary/aromatic N) is 1. The van der Waals surface area contributed by atoms with Crippen molar-refractivity contribution in [3.63, 3.8) is 0 Å². The highest BCUT2D eigenvalue weighted by Crippen LogP contribution is 2.21. The fraction of sp³-hybridized carbons (Fsp3) is 0.389. The Labute approximate surface area is 151 Å². The molecule has 0 aromatic heterocycles. The molecule has 1 heterocycles. The summed E-state index contributed by atoms with van der Waals surface area (Å²) in [5.41, 5.74) is 0.599. The minimum Gasteiger partial charge on any atom is -0.511 e. The molecule has 140 valence electrons. The van der Waals surface area contributed by atoms with Gasteiger partial charge in [0.1, 0.15) is 17.1 Å². The number of hydrogen-bond acceptors (Lipinski definition) is 5. The van der Waals surface area contributed by atoms with Crippen LogP contribution in [0.2, 0.25) is 0 Å². The number of amides is 2. The first-order chi connectivity index (χ1) is 12.4. The maximum absolute atomic E-state index is 12.6. The average Bonchev–Trinajstić information content (AvgIpc) is 2.62. The minimum absolute atomic E-state index is 0.0805. The van der Waals surface area contributed by atoms with Crippen LogP contribution in [-0.4, -0.2) is 53.1 Å². The first kappa shape index (κ1) is 19.3. The van der Waals surface area contributed by atoms with E-state index in [0.29, 0.717) is 18.8 Å². The summed E-state index contributed by atoms with van der Waals surface area (Å²) in [7, 11) is 1.57. The molecule has 0 spiro atoms. The molecule has 1 aromatic carbocycles. The van der Waals surface area contributed by atoms with Crippen molar-refractivity contribution >= 4 is 17.8 Å². The van der Waals surface area contributed by atoms with Crippen LogP contribution in [-0.2, 0) is 20.9 Å². The van der Waals surface area contributed by atoms with Crippen LogP contribution in [0.1, 0.15) is 24.8 Å². The van der Waals surface area contributed by atoms with E-state index in [2.05, 4.69) is 5.32 Å². The van der Waals surface area contributed by atoms with Crippen LogP contribution in [0.4, 0.5) is 0 Å². The molecule has 0 atom stereocenters. The second kappa shape index (κ2) is 8.89. The van der Waals surface area contributed by atoms with Crippen molar-refractivity contribution in [1.29, 1.82) is 0 Å². The van der Waals surface area contributed by atoms with Crippen molar-refractivity contribution in [1.82, 2.24) is 10.2 Å². The minimum atomic E-state index is -0.958. The largest absolute Gasteiger partial charge is 0.511 e. The van der Waals surface area contributed by atoms with Crippen LogP contribution >= 0.6 is 0 Å². The van der Waals surface area contributed by atoms with E-state index in [4.69, 9.17) is 9.84 Å². The number of aliphatic carboxylic acids is 1. The van der Waals surface area contributed by atoms with Gasteiger partial charge in [0.15, 0.2) is 0 Å². The molecule has 0 fully saturated rings. The normalized spacial score (nSPS) is 14.3. The van der Waals surface area contributed by atoms with E-state index in [0.717, 1.165) is 5.56 Å². The Morgan fingerprint density at radius 3 is 2.58 bits per heavy atom. The Balaban J connectivity index is 1.99. The molecule has 0 saturated heterocycles. The maximum Gasteiger partial charge on any atom is 0.303 e. The molecule has 1 aliphatic heterocycles. The molecule has 0 radical (unpaired) electrons. The van der Waals surface area contributed by atoms with Gasteiger partial charge in [0.2, 0.25) is 0 Å². The molecule has 0 unspecified atom stereocenters. The van der Waals surface area contributed by atoms with Crippen LogP contribution in [0.3, 0.4) is 0 Å². The van der Waals surface area contributed by atoms with Gasteiger partial charge in [-0.25, -0.2) is 0 Å². The zero-order valence-electron chi connectivity index (χ0n) is 14.5. The van der Waals surface area contributed by atoms with Gasteiger partial charge >= 0.3 is 5.97 Å². The molecule has 0 bridgehead atoms. The van der Waals surface area contributed by atoms with Crippen molar-refractivity contribution < 1.29 is 29.3 Å². The van der Waals surface area contributed by atoms with E-state index >= 15 is 0 Å². The van der Waals surface area contributed by atoms with Crippen molar-refractivity contribution in [2.75, 3.05) is 20.2 Å². The number of carbonyl (C=O) groups excluding carboxylic acids is 2. The van der Waals surface area contributed by atoms with E-state index in [1.165, 1.54) is 4.90 Å². The lowest BCUT2D eigenvalue weighted by molar-refractivity contribution is -0.137. The van der Waals surface area contributed by atoms with E-state index in [1.807, 2.05) is 12.1 Å². The Morgan fingerprint density at radius 2 is 1.96 bits per heavy atom. The fourth-order valence-electron chi connectivity index (χ4n) is 2.61. The average molecular weight is 362 g/mol. The molecule has 8 nitrogen and oxygen atoms in total. The molecule has 2 rings (SSSR count). The number of carbonyl (C=O) groups is 3. The second-order valence-electron chi connectivity index (χ2n) is 5.90. The van der Waals surface area contributed by atoms with Gasteiger partial charge < -0.3 is 25.2 Å². The molecule has 0 aliphatic carbocycles. The fourth-order valence-corrected chi connectivity index (χ4v) is 2.61. The smallest absolute Gasteiger partial charge is 0.303 e. The van der Waals surface area contributed by atoms with Gasteiger partial charge in [0, 0.05) is 32.5 Å². The summed E-state index contributed by atoms with van der Waals surface area (Å²) in [6, 6.07) is 7.23. The SMILES string of the molecule is COc1ccc(CN2CCC(O)=C(C(=O)NCCCC(=O)O)C2=O)cc1. The highest BCUT2D eigenvalue weighted by molar-refractivity contribution is 6.19. The highest BCUT2D eigenvalue weighted by atomic mass is 16.5. The van der Waals surface area contributed by atoms with Crippen LogP contribution in [0.25, 0.3) is 0 Å². The molecule has 8 heteroatoms. The van der Waals surface area contributed by atoms with Crippen LogP contribution in [0.15, 0.2) is 35.6 Å². The summed E-state index contributed by atoms with van der Waals surface area (Å²) >= 11 is 0. The lowest BCUT2D eigenvalue weighted by atomic mass is 10.0. The number of carboxylic acids is 1. The first-order valence-electron chi connectivity index (χ1n) is 8.26. The van der Waals surface area contributed by atoms with Gasteiger partial charge in [-0.05, 0) is 24.1 Å². The number of ether oxygens (including phenoxy) is 1. The number of benzene rings is 1. The maximum atomic E-state index is 12.6. The van der Waals surface area contributed by atoms with Gasteiger partial charge in [0.25, 0.3) is 11.8 Å². The molecule has 2 amide bonds. The summed E-state index contributed by atoms with van der Waals surface area (Å²) < 4.78 is 5.09. The van der Waals surface area contributed by atoms with Crippen LogP contribution in [0, 0.1) is 0 Å². The Hall–Kier alpha value is -3.03. The van der Waals surface area contributed by atoms with Crippen molar-refractivity contribution in [3.8, 4) is 5.75 Å². The Kier molecular flexibility index (Phi) is 6.60. The standard InChI is InChI=1S/C18H22N2O6/c1-26-13-6-4-12(5-7-13)11-20-10-8-14(21)16(18(20)25)17(24)19-9-2-3-15(22)23/h4-7,21H,2-3,8-11H2,1H3,(H,19,24)(H,22,23). The van der Waals surface area contributed by atoms with Gasteiger partial charge in [-0.1, -0.05) is 12.1 Å². The van der Waals surface area contributed by atoms with Gasteiger partial charge in [-0.15, -0.1) is 0 Å². The molecular formula is C18H22N2O6. The van der Waals surface area contributed by atoms with E-state index in [-0.39, 0.29) is 37.1 Å². The van der Waals surface area contributed by atoms with Crippen molar-refractivity contribution in [2.45, 2.75) is 25.8 Å². The Bertz CT molecular complexity index is 711. The summed E-state index contributed by atoms with van der Waals surface area (Å²) in [5, 5.41) is 21.0. The number of aliphatic hydroxyl groups is 1. The van der Waals surface area contributed by atoms with Crippen LogP contribution in [0.5, 0.6) is 5.75 Å². The summed E-state index contributed by atoms with van der Waals surface area (Å²) in [4.78, 5) is 36.7. The predicted molar refractivity (Wildman–Crippen MR) is 92.6 cm³/mol. The van der Waals surface area contributed by atoms with Crippen molar-refractivity contribution in [2.24, 2.45) is 0 Å². The number of aliphatic hydroxyl groups excluding tert-OH is 1. The van der Waals surface area contributed by atoms with Crippen molar-refractivity contribution in [3.05, 3.63) is 41.2 Å². The van der Waals surface area contributed by atoms with Crippen LogP contribution < -0.4 is 10.1 Å². The summed E-state index contributed by atoms with van der Waals surface area (Å²) in [6.07, 6.45) is 0.363. The zero-order valence-corrected chi connectivity index (χ0v) is 14.5. The molecular weight excluding hydrogens is 340 g/mol. The number of nitrogens with one attached hydrogen (secondary N) is 1. The second-order valence-corrected chi connectivity index (χ2v) is 5.90. The molecule has 3 N–H and O–H groups in total. The van der Waals surface area contributed by atoms with Gasteiger partial charge in [0.05, 0.1) is 7.11 Å². The third kappa shape index (κ3) is 4.98. The number of rotatable bonds is 8. The molecule has 26 heavy (non-hydrogen) atoms. The van der Waals surface area contributed by atoms with E-state index in [9.17, 15) is 19.5 Å². The summed E-state index contributed by atoms with van der Waals surface area (Å²) in [5.74, 6) is -1.72. The predicted octanol–water partition coefficient (Wildman–Crippen LogP) is 1.22. The van der Waals surface area contributed by atoms with E-state index in [1.54, 1.807) is 19.2 Å². The highest BCUT2D eigenvalue weighted by Gasteiger charge is 2.31.